The smallest absolute Gasteiger partial charge is 0.254 e. The standard InChI is InChI=1S/C20H23NO4/c1-15-13-21(10-11-24-15)20(22)17-8-9-18(19(12-17)23-2)25-14-16-6-4-3-5-7-16/h3-9,12,15H,10-11,13-14H2,1-2H3. The minimum Gasteiger partial charge on any atom is -0.493 e. The van der Waals surface area contributed by atoms with Crippen molar-refractivity contribution in [1.82, 2.24) is 4.90 Å². The molecule has 0 aromatic heterocycles. The molecular weight excluding hydrogens is 318 g/mol. The highest BCUT2D eigenvalue weighted by molar-refractivity contribution is 5.95. The molecule has 0 bridgehead atoms. The van der Waals surface area contributed by atoms with E-state index in [9.17, 15) is 4.79 Å². The maximum atomic E-state index is 12.7. The highest BCUT2D eigenvalue weighted by atomic mass is 16.5. The lowest BCUT2D eigenvalue weighted by Crippen LogP contribution is -2.44. The van der Waals surface area contributed by atoms with E-state index in [-0.39, 0.29) is 12.0 Å². The number of methoxy groups -OCH3 is 1. The summed E-state index contributed by atoms with van der Waals surface area (Å²) in [5, 5.41) is 0. The number of amides is 1. The van der Waals surface area contributed by atoms with Gasteiger partial charge in [-0.3, -0.25) is 4.79 Å². The van der Waals surface area contributed by atoms with Crippen molar-refractivity contribution in [1.29, 1.82) is 0 Å². The molecule has 0 radical (unpaired) electrons. The van der Waals surface area contributed by atoms with E-state index in [0.29, 0.717) is 43.4 Å². The molecule has 0 saturated carbocycles. The van der Waals surface area contributed by atoms with Gasteiger partial charge in [-0.2, -0.15) is 0 Å². The molecule has 3 rings (SSSR count). The van der Waals surface area contributed by atoms with Crippen LogP contribution in [0.15, 0.2) is 48.5 Å². The minimum absolute atomic E-state index is 0.0111. The Kier molecular flexibility index (Phi) is 5.56. The number of rotatable bonds is 5. The van der Waals surface area contributed by atoms with Crippen molar-refractivity contribution in [2.24, 2.45) is 0 Å². The lowest BCUT2D eigenvalue weighted by atomic mass is 10.1. The number of ether oxygens (including phenoxy) is 3. The van der Waals surface area contributed by atoms with Crippen LogP contribution in [0, 0.1) is 0 Å². The van der Waals surface area contributed by atoms with Crippen LogP contribution in [0.4, 0.5) is 0 Å². The maximum Gasteiger partial charge on any atom is 0.254 e. The number of hydrogen-bond donors (Lipinski definition) is 0. The summed E-state index contributed by atoms with van der Waals surface area (Å²) >= 11 is 0. The Morgan fingerprint density at radius 2 is 2.00 bits per heavy atom. The first-order chi connectivity index (χ1) is 12.2. The number of carbonyl (C=O) groups excluding carboxylic acids is 1. The van der Waals surface area contributed by atoms with Gasteiger partial charge in [0.25, 0.3) is 5.91 Å². The normalized spacial score (nSPS) is 17.2. The molecule has 132 valence electrons. The molecule has 1 amide bonds. The topological polar surface area (TPSA) is 48.0 Å². The fourth-order valence-corrected chi connectivity index (χ4v) is 2.84. The van der Waals surface area contributed by atoms with Crippen LogP contribution in [0.3, 0.4) is 0 Å². The Hall–Kier alpha value is -2.53. The number of hydrogen-bond acceptors (Lipinski definition) is 4. The number of benzene rings is 2. The molecular formula is C20H23NO4. The quantitative estimate of drug-likeness (QED) is 0.838. The fraction of sp³-hybridized carbons (Fsp3) is 0.350. The highest BCUT2D eigenvalue weighted by Gasteiger charge is 2.23. The van der Waals surface area contributed by atoms with Crippen molar-refractivity contribution in [3.8, 4) is 11.5 Å². The summed E-state index contributed by atoms with van der Waals surface area (Å²) in [6.07, 6.45) is 0.0630. The van der Waals surface area contributed by atoms with E-state index < -0.39 is 0 Å². The van der Waals surface area contributed by atoms with Crippen molar-refractivity contribution >= 4 is 5.91 Å². The molecule has 1 fully saturated rings. The molecule has 1 heterocycles. The fourth-order valence-electron chi connectivity index (χ4n) is 2.84. The second-order valence-corrected chi connectivity index (χ2v) is 6.07. The number of morpholine rings is 1. The summed E-state index contributed by atoms with van der Waals surface area (Å²) in [5.74, 6) is 1.17. The molecule has 1 saturated heterocycles. The zero-order valence-corrected chi connectivity index (χ0v) is 14.6. The van der Waals surface area contributed by atoms with Crippen molar-refractivity contribution < 1.29 is 19.0 Å². The second-order valence-electron chi connectivity index (χ2n) is 6.07. The van der Waals surface area contributed by atoms with E-state index in [2.05, 4.69) is 0 Å². The molecule has 1 unspecified atom stereocenters. The van der Waals surface area contributed by atoms with E-state index >= 15 is 0 Å². The molecule has 0 aliphatic carbocycles. The molecule has 1 aliphatic heterocycles. The summed E-state index contributed by atoms with van der Waals surface area (Å²) in [6.45, 7) is 4.21. The lowest BCUT2D eigenvalue weighted by Gasteiger charge is -2.31. The van der Waals surface area contributed by atoms with E-state index in [1.165, 1.54) is 0 Å². The van der Waals surface area contributed by atoms with E-state index in [1.54, 1.807) is 25.3 Å². The monoisotopic (exact) mass is 341 g/mol. The van der Waals surface area contributed by atoms with Crippen LogP contribution in [-0.4, -0.2) is 43.7 Å². The zero-order chi connectivity index (χ0) is 17.6. The SMILES string of the molecule is COc1cc(C(=O)N2CCOC(C)C2)ccc1OCc1ccccc1. The zero-order valence-electron chi connectivity index (χ0n) is 14.6. The second kappa shape index (κ2) is 8.03. The average molecular weight is 341 g/mol. The third-order valence-corrected chi connectivity index (χ3v) is 4.18. The predicted octanol–water partition coefficient (Wildman–Crippen LogP) is 3.14. The van der Waals surface area contributed by atoms with Gasteiger partial charge in [0.1, 0.15) is 6.61 Å². The van der Waals surface area contributed by atoms with Gasteiger partial charge < -0.3 is 19.1 Å². The Labute approximate surface area is 148 Å². The molecule has 2 aromatic carbocycles. The predicted molar refractivity (Wildman–Crippen MR) is 95.1 cm³/mol. The molecule has 1 atom stereocenters. The largest absolute Gasteiger partial charge is 0.493 e. The Morgan fingerprint density at radius 3 is 2.72 bits per heavy atom. The van der Waals surface area contributed by atoms with Gasteiger partial charge in [0.05, 0.1) is 19.8 Å². The van der Waals surface area contributed by atoms with Crippen LogP contribution in [0.1, 0.15) is 22.8 Å². The third kappa shape index (κ3) is 4.31. The van der Waals surface area contributed by atoms with Crippen LogP contribution in [0.2, 0.25) is 0 Å². The molecule has 5 heteroatoms. The summed E-state index contributed by atoms with van der Waals surface area (Å²) in [5.41, 5.74) is 1.67. The van der Waals surface area contributed by atoms with Crippen LogP contribution >= 0.6 is 0 Å². The first kappa shape index (κ1) is 17.3. The van der Waals surface area contributed by atoms with Gasteiger partial charge in [0.15, 0.2) is 11.5 Å². The van der Waals surface area contributed by atoms with Crippen LogP contribution in [-0.2, 0) is 11.3 Å². The Balaban J connectivity index is 1.71. The first-order valence-electron chi connectivity index (χ1n) is 8.43. The van der Waals surface area contributed by atoms with Gasteiger partial charge >= 0.3 is 0 Å². The van der Waals surface area contributed by atoms with Crippen molar-refractivity contribution in [3.63, 3.8) is 0 Å². The highest BCUT2D eigenvalue weighted by Crippen LogP contribution is 2.29. The van der Waals surface area contributed by atoms with Gasteiger partial charge in [-0.05, 0) is 30.7 Å². The van der Waals surface area contributed by atoms with E-state index in [1.807, 2.05) is 42.2 Å². The Morgan fingerprint density at radius 1 is 1.20 bits per heavy atom. The molecule has 1 aliphatic rings. The number of nitrogens with zero attached hydrogens (tertiary/aromatic N) is 1. The van der Waals surface area contributed by atoms with Crippen molar-refractivity contribution in [2.75, 3.05) is 26.8 Å². The lowest BCUT2D eigenvalue weighted by molar-refractivity contribution is -0.0124. The summed E-state index contributed by atoms with van der Waals surface area (Å²) in [6, 6.07) is 15.2. The summed E-state index contributed by atoms with van der Waals surface area (Å²) < 4.78 is 16.7. The van der Waals surface area contributed by atoms with Gasteiger partial charge in [-0.1, -0.05) is 30.3 Å². The first-order valence-corrected chi connectivity index (χ1v) is 8.43. The van der Waals surface area contributed by atoms with Crippen molar-refractivity contribution in [3.05, 3.63) is 59.7 Å². The average Bonchev–Trinajstić information content (AvgIpc) is 2.66. The maximum absolute atomic E-state index is 12.7. The summed E-state index contributed by atoms with van der Waals surface area (Å²) in [7, 11) is 1.58. The molecule has 25 heavy (non-hydrogen) atoms. The van der Waals surface area contributed by atoms with Gasteiger partial charge in [-0.25, -0.2) is 0 Å². The number of carbonyl (C=O) groups is 1. The third-order valence-electron chi connectivity index (χ3n) is 4.18. The molecule has 0 N–H and O–H groups in total. The molecule has 2 aromatic rings. The van der Waals surface area contributed by atoms with Crippen LogP contribution in [0.5, 0.6) is 11.5 Å². The van der Waals surface area contributed by atoms with E-state index in [4.69, 9.17) is 14.2 Å². The summed E-state index contributed by atoms with van der Waals surface area (Å²) in [4.78, 5) is 14.5. The van der Waals surface area contributed by atoms with Crippen LogP contribution < -0.4 is 9.47 Å². The molecule has 0 spiro atoms. The van der Waals surface area contributed by atoms with Crippen LogP contribution in [0.25, 0.3) is 0 Å². The minimum atomic E-state index is -0.0111. The van der Waals surface area contributed by atoms with Gasteiger partial charge in [0, 0.05) is 18.7 Å². The Bertz CT molecular complexity index is 717. The molecule has 5 nitrogen and oxygen atoms in total. The van der Waals surface area contributed by atoms with E-state index in [0.717, 1.165) is 5.56 Å². The van der Waals surface area contributed by atoms with Gasteiger partial charge in [-0.15, -0.1) is 0 Å². The van der Waals surface area contributed by atoms with Gasteiger partial charge in [0.2, 0.25) is 0 Å². The van der Waals surface area contributed by atoms with Crippen molar-refractivity contribution in [2.45, 2.75) is 19.6 Å².